The number of benzene rings is 1. The van der Waals surface area contributed by atoms with E-state index in [-0.39, 0.29) is 24.8 Å². The van der Waals surface area contributed by atoms with Gasteiger partial charge >= 0.3 is 0 Å². The van der Waals surface area contributed by atoms with E-state index in [0.29, 0.717) is 18.6 Å². The van der Waals surface area contributed by atoms with Gasteiger partial charge in [0.25, 0.3) is 0 Å². The summed E-state index contributed by atoms with van der Waals surface area (Å²) in [4.78, 5) is 12.3. The molecule has 3 heterocycles. The number of piperidine rings is 2. The summed E-state index contributed by atoms with van der Waals surface area (Å²) in [5.74, 6) is 1.79. The van der Waals surface area contributed by atoms with E-state index in [2.05, 4.69) is 44.3 Å². The number of rotatable bonds is 9. The molecule has 0 amide bonds. The summed E-state index contributed by atoms with van der Waals surface area (Å²) in [6.07, 6.45) is 6.54. The second-order valence-electron chi connectivity index (χ2n) is 9.84. The topological polar surface area (TPSA) is 76.7 Å². The molecule has 1 aromatic carbocycles. The number of hydrogen-bond donors (Lipinski definition) is 3. The smallest absolute Gasteiger partial charge is 0.120 e. The van der Waals surface area contributed by atoms with Crippen LogP contribution >= 0.6 is 24.8 Å². The van der Waals surface area contributed by atoms with Crippen LogP contribution in [0.15, 0.2) is 30.5 Å². The summed E-state index contributed by atoms with van der Waals surface area (Å²) in [5.41, 5.74) is 2.86. The van der Waals surface area contributed by atoms with Gasteiger partial charge in [-0.3, -0.25) is 4.90 Å². The number of likely N-dealkylation sites (tertiary alicyclic amines) is 1. The molecule has 0 saturated carbocycles. The predicted octanol–water partition coefficient (Wildman–Crippen LogP) is 3.40. The number of nitrogens with zero attached hydrogens (tertiary/aromatic N) is 3. The van der Waals surface area contributed by atoms with Crippen molar-refractivity contribution in [1.29, 1.82) is 0 Å². The third kappa shape index (κ3) is 8.40. The average Bonchev–Trinajstić information content (AvgIpc) is 3.20. The van der Waals surface area contributed by atoms with Crippen LogP contribution in [0.4, 0.5) is 0 Å². The number of aryl methyl sites for hydroxylation is 1. The average molecular weight is 515 g/mol. The molecule has 0 bridgehead atoms. The zero-order valence-corrected chi connectivity index (χ0v) is 22.1. The van der Waals surface area contributed by atoms with Crippen LogP contribution in [0.2, 0.25) is 0 Å². The highest BCUT2D eigenvalue weighted by Gasteiger charge is 2.35. The molecule has 1 aromatic heterocycles. The van der Waals surface area contributed by atoms with Crippen molar-refractivity contribution in [1.82, 2.24) is 25.1 Å². The van der Waals surface area contributed by atoms with Crippen molar-refractivity contribution in [3.05, 3.63) is 47.5 Å². The highest BCUT2D eigenvalue weighted by molar-refractivity contribution is 5.85. The highest BCUT2D eigenvalue weighted by Crippen LogP contribution is 2.39. The first-order valence-electron chi connectivity index (χ1n) is 12.0. The number of aromatic amines is 1. The van der Waals surface area contributed by atoms with Crippen molar-refractivity contribution in [2.24, 2.45) is 5.41 Å². The number of β-amino-alcohol motifs (C(OH)–C–C–N with tert-alkyl or cyclic N) is 1. The minimum atomic E-state index is -0.459. The van der Waals surface area contributed by atoms with Gasteiger partial charge in [-0.25, -0.2) is 4.98 Å². The fourth-order valence-electron chi connectivity index (χ4n) is 5.07. The summed E-state index contributed by atoms with van der Waals surface area (Å²) >= 11 is 0. The standard InChI is InChI=1S/C25H39N5O2.2ClH/c1-20-15-27-24(28-20)18-29(2)16-21-3-5-23(6-4-21)32-19-22(31)17-30-13-9-25(10-14-30)7-11-26-12-8-25;;/h3-6,15,22,26,31H,7-14,16-19H2,1-2H3,(H,27,28);2*1H. The number of aliphatic hydroxyl groups is 1. The fourth-order valence-corrected chi connectivity index (χ4v) is 5.07. The normalized spacial score (nSPS) is 18.8. The van der Waals surface area contributed by atoms with Crippen LogP contribution in [0.3, 0.4) is 0 Å². The van der Waals surface area contributed by atoms with Crippen LogP contribution in [-0.4, -0.2) is 77.4 Å². The van der Waals surface area contributed by atoms with E-state index < -0.39 is 6.10 Å². The van der Waals surface area contributed by atoms with Gasteiger partial charge in [-0.2, -0.15) is 0 Å². The predicted molar refractivity (Wildman–Crippen MR) is 141 cm³/mol. The molecule has 2 aromatic rings. The lowest BCUT2D eigenvalue weighted by Crippen LogP contribution is -2.47. The van der Waals surface area contributed by atoms with E-state index >= 15 is 0 Å². The number of aliphatic hydroxyl groups excluding tert-OH is 1. The second kappa shape index (κ2) is 13.7. The summed E-state index contributed by atoms with van der Waals surface area (Å²) in [6.45, 7) is 9.19. The molecular formula is C25H41Cl2N5O2. The zero-order valence-electron chi connectivity index (χ0n) is 20.5. The Labute approximate surface area is 216 Å². The van der Waals surface area contributed by atoms with Crippen molar-refractivity contribution in [2.75, 3.05) is 46.4 Å². The van der Waals surface area contributed by atoms with Crippen LogP contribution in [0.5, 0.6) is 5.75 Å². The Hall–Kier alpha value is -1.35. The lowest BCUT2D eigenvalue weighted by molar-refractivity contribution is 0.0263. The minimum absolute atomic E-state index is 0. The van der Waals surface area contributed by atoms with Crippen molar-refractivity contribution in [2.45, 2.75) is 51.8 Å². The molecule has 4 rings (SSSR count). The summed E-state index contributed by atoms with van der Waals surface area (Å²) < 4.78 is 5.86. The van der Waals surface area contributed by atoms with E-state index in [9.17, 15) is 5.11 Å². The summed E-state index contributed by atoms with van der Waals surface area (Å²) in [7, 11) is 2.09. The largest absolute Gasteiger partial charge is 0.491 e. The molecule has 0 radical (unpaired) electrons. The van der Waals surface area contributed by atoms with Gasteiger partial charge in [0, 0.05) is 25.0 Å². The molecule has 2 saturated heterocycles. The van der Waals surface area contributed by atoms with Crippen LogP contribution in [0.1, 0.15) is 42.8 Å². The molecular weight excluding hydrogens is 473 g/mol. The molecule has 1 unspecified atom stereocenters. The molecule has 7 nitrogen and oxygen atoms in total. The number of hydrogen-bond acceptors (Lipinski definition) is 6. The molecule has 192 valence electrons. The van der Waals surface area contributed by atoms with Gasteiger partial charge in [0.15, 0.2) is 0 Å². The van der Waals surface area contributed by atoms with Crippen molar-refractivity contribution < 1.29 is 9.84 Å². The number of imidazole rings is 1. The third-order valence-corrected chi connectivity index (χ3v) is 7.04. The first-order chi connectivity index (χ1) is 15.5. The first kappa shape index (κ1) is 28.9. The maximum absolute atomic E-state index is 10.5. The molecule has 1 atom stereocenters. The molecule has 2 fully saturated rings. The maximum atomic E-state index is 10.5. The van der Waals surface area contributed by atoms with E-state index in [1.807, 2.05) is 25.3 Å². The Morgan fingerprint density at radius 2 is 1.76 bits per heavy atom. The minimum Gasteiger partial charge on any atom is -0.491 e. The van der Waals surface area contributed by atoms with E-state index in [1.54, 1.807) is 0 Å². The third-order valence-electron chi connectivity index (χ3n) is 7.04. The lowest BCUT2D eigenvalue weighted by Gasteiger charge is -2.44. The molecule has 1 spiro atoms. The van der Waals surface area contributed by atoms with Crippen LogP contribution in [0.25, 0.3) is 0 Å². The van der Waals surface area contributed by atoms with Gasteiger partial charge < -0.3 is 25.0 Å². The Balaban J connectivity index is 0.00000204. The summed E-state index contributed by atoms with van der Waals surface area (Å²) in [6, 6.07) is 8.17. The number of halogens is 2. The zero-order chi connectivity index (χ0) is 22.4. The van der Waals surface area contributed by atoms with Crippen LogP contribution in [0, 0.1) is 12.3 Å². The maximum Gasteiger partial charge on any atom is 0.120 e. The van der Waals surface area contributed by atoms with Crippen LogP contribution < -0.4 is 10.1 Å². The van der Waals surface area contributed by atoms with Crippen molar-refractivity contribution in [3.63, 3.8) is 0 Å². The molecule has 9 heteroatoms. The van der Waals surface area contributed by atoms with Gasteiger partial charge in [-0.15, -0.1) is 24.8 Å². The number of H-pyrrole nitrogens is 1. The molecule has 0 aliphatic carbocycles. The fraction of sp³-hybridized carbons (Fsp3) is 0.640. The van der Waals surface area contributed by atoms with Gasteiger partial charge in [-0.1, -0.05) is 12.1 Å². The highest BCUT2D eigenvalue weighted by atomic mass is 35.5. The second-order valence-corrected chi connectivity index (χ2v) is 9.84. The number of ether oxygens (including phenoxy) is 1. The van der Waals surface area contributed by atoms with Gasteiger partial charge in [0.05, 0.1) is 6.54 Å². The van der Waals surface area contributed by atoms with Gasteiger partial charge in [0.1, 0.15) is 24.3 Å². The monoisotopic (exact) mass is 513 g/mol. The number of nitrogens with one attached hydrogen (secondary N) is 2. The lowest BCUT2D eigenvalue weighted by atomic mass is 9.71. The quantitative estimate of drug-likeness (QED) is 0.476. The Morgan fingerprint density at radius 1 is 1.09 bits per heavy atom. The molecule has 3 N–H and O–H groups in total. The van der Waals surface area contributed by atoms with Gasteiger partial charge in [-0.05, 0) is 88.9 Å². The SMILES string of the molecule is Cc1cnc(CN(C)Cc2ccc(OCC(O)CN3CCC4(CCNCC4)CC3)cc2)[nH]1.Cl.Cl. The van der Waals surface area contributed by atoms with E-state index in [4.69, 9.17) is 4.74 Å². The molecule has 34 heavy (non-hydrogen) atoms. The Bertz CT molecular complexity index is 832. The number of aromatic nitrogens is 2. The molecule has 2 aliphatic rings. The first-order valence-corrected chi connectivity index (χ1v) is 12.0. The Morgan fingerprint density at radius 3 is 2.38 bits per heavy atom. The molecule has 2 aliphatic heterocycles. The van der Waals surface area contributed by atoms with E-state index in [0.717, 1.165) is 56.5 Å². The Kier molecular flexibility index (Phi) is 11.6. The van der Waals surface area contributed by atoms with Gasteiger partial charge in [0.2, 0.25) is 0 Å². The van der Waals surface area contributed by atoms with E-state index in [1.165, 1.54) is 31.2 Å². The van der Waals surface area contributed by atoms with Crippen LogP contribution in [-0.2, 0) is 13.1 Å². The summed E-state index contributed by atoms with van der Waals surface area (Å²) in [5, 5.41) is 14.0. The van der Waals surface area contributed by atoms with Crippen molar-refractivity contribution in [3.8, 4) is 5.75 Å². The van der Waals surface area contributed by atoms with Crippen molar-refractivity contribution >= 4 is 24.8 Å².